The van der Waals surface area contributed by atoms with Gasteiger partial charge in [0.25, 0.3) is 0 Å². The molecule has 1 aliphatic rings. The summed E-state index contributed by atoms with van der Waals surface area (Å²) in [6.45, 7) is 10.4. The Hall–Kier alpha value is -0.0800. The van der Waals surface area contributed by atoms with Crippen LogP contribution < -0.4 is 10.6 Å². The van der Waals surface area contributed by atoms with Crippen molar-refractivity contribution < 1.29 is 0 Å². The zero-order chi connectivity index (χ0) is 9.68. The molecular weight excluding hydrogens is 160 g/mol. The first-order valence-electron chi connectivity index (χ1n) is 5.68. The van der Waals surface area contributed by atoms with Gasteiger partial charge in [0.15, 0.2) is 0 Å². The second kappa shape index (κ2) is 5.61. The summed E-state index contributed by atoms with van der Waals surface area (Å²) in [6, 6.07) is 0.712. The van der Waals surface area contributed by atoms with Crippen molar-refractivity contribution in [1.29, 1.82) is 0 Å². The molecule has 0 bridgehead atoms. The van der Waals surface area contributed by atoms with Gasteiger partial charge in [0.1, 0.15) is 0 Å². The van der Waals surface area contributed by atoms with Crippen molar-refractivity contribution >= 4 is 0 Å². The van der Waals surface area contributed by atoms with Gasteiger partial charge < -0.3 is 10.6 Å². The highest BCUT2D eigenvalue weighted by atomic mass is 15.0. The topological polar surface area (TPSA) is 24.1 Å². The van der Waals surface area contributed by atoms with Crippen molar-refractivity contribution in [2.45, 2.75) is 39.7 Å². The predicted octanol–water partition coefficient (Wildman–Crippen LogP) is 1.62. The van der Waals surface area contributed by atoms with E-state index in [1.54, 1.807) is 0 Å². The molecule has 0 aromatic carbocycles. The normalized spacial score (nSPS) is 30.7. The summed E-state index contributed by atoms with van der Waals surface area (Å²) in [4.78, 5) is 0. The van der Waals surface area contributed by atoms with Crippen LogP contribution in [0.25, 0.3) is 0 Å². The average molecular weight is 184 g/mol. The first kappa shape index (κ1) is 11.0. The Balaban J connectivity index is 2.05. The monoisotopic (exact) mass is 184 g/mol. The molecule has 78 valence electrons. The zero-order valence-electron chi connectivity index (χ0n) is 9.27. The van der Waals surface area contributed by atoms with Crippen LogP contribution in [0.4, 0.5) is 0 Å². The number of nitrogens with one attached hydrogen (secondary N) is 2. The van der Waals surface area contributed by atoms with Crippen molar-refractivity contribution in [3.05, 3.63) is 0 Å². The minimum absolute atomic E-state index is 0.712. The Labute approximate surface area is 82.5 Å². The molecule has 1 rings (SSSR count). The first-order valence-corrected chi connectivity index (χ1v) is 5.68. The van der Waals surface area contributed by atoms with Crippen molar-refractivity contribution in [1.82, 2.24) is 10.6 Å². The van der Waals surface area contributed by atoms with E-state index in [4.69, 9.17) is 0 Å². The molecule has 0 amide bonds. The molecule has 1 fully saturated rings. The highest BCUT2D eigenvalue weighted by molar-refractivity contribution is 4.82. The van der Waals surface area contributed by atoms with Crippen LogP contribution in [0.1, 0.15) is 33.6 Å². The lowest BCUT2D eigenvalue weighted by molar-refractivity contribution is 0.420. The SMILES string of the molecule is CCC(C)CNCC1NCCC1C. The Morgan fingerprint density at radius 1 is 1.54 bits per heavy atom. The van der Waals surface area contributed by atoms with Crippen LogP contribution in [0, 0.1) is 11.8 Å². The van der Waals surface area contributed by atoms with Gasteiger partial charge in [-0.25, -0.2) is 0 Å². The Bertz CT molecular complexity index is 136. The van der Waals surface area contributed by atoms with Gasteiger partial charge in [-0.1, -0.05) is 27.2 Å². The van der Waals surface area contributed by atoms with Gasteiger partial charge in [-0.3, -0.25) is 0 Å². The van der Waals surface area contributed by atoms with Gasteiger partial charge in [0, 0.05) is 12.6 Å². The summed E-state index contributed by atoms with van der Waals surface area (Å²) in [5.41, 5.74) is 0. The van der Waals surface area contributed by atoms with Crippen LogP contribution in [0.2, 0.25) is 0 Å². The van der Waals surface area contributed by atoms with E-state index >= 15 is 0 Å². The summed E-state index contributed by atoms with van der Waals surface area (Å²) >= 11 is 0. The molecule has 2 N–H and O–H groups in total. The standard InChI is InChI=1S/C11H24N2/c1-4-9(2)7-12-8-11-10(3)5-6-13-11/h9-13H,4-8H2,1-3H3. The van der Waals surface area contributed by atoms with Crippen LogP contribution in [0.5, 0.6) is 0 Å². The predicted molar refractivity (Wildman–Crippen MR) is 57.9 cm³/mol. The lowest BCUT2D eigenvalue weighted by Gasteiger charge is -2.17. The molecule has 0 spiro atoms. The van der Waals surface area contributed by atoms with E-state index in [0.29, 0.717) is 6.04 Å². The third-order valence-corrected chi connectivity index (χ3v) is 3.25. The summed E-state index contributed by atoms with van der Waals surface area (Å²) in [7, 11) is 0. The first-order chi connectivity index (χ1) is 6.24. The van der Waals surface area contributed by atoms with E-state index in [1.807, 2.05) is 0 Å². The largest absolute Gasteiger partial charge is 0.315 e. The van der Waals surface area contributed by atoms with E-state index in [1.165, 1.54) is 25.9 Å². The van der Waals surface area contributed by atoms with Crippen molar-refractivity contribution in [3.63, 3.8) is 0 Å². The molecular formula is C11H24N2. The van der Waals surface area contributed by atoms with Gasteiger partial charge in [0.2, 0.25) is 0 Å². The number of rotatable bonds is 5. The molecule has 1 heterocycles. The van der Waals surface area contributed by atoms with E-state index in [0.717, 1.165) is 18.4 Å². The van der Waals surface area contributed by atoms with Crippen LogP contribution in [-0.4, -0.2) is 25.7 Å². The van der Waals surface area contributed by atoms with Crippen LogP contribution >= 0.6 is 0 Å². The fraction of sp³-hybridized carbons (Fsp3) is 1.00. The van der Waals surface area contributed by atoms with Crippen LogP contribution in [0.3, 0.4) is 0 Å². The highest BCUT2D eigenvalue weighted by Crippen LogP contribution is 2.13. The molecule has 1 saturated heterocycles. The van der Waals surface area contributed by atoms with Crippen LogP contribution in [-0.2, 0) is 0 Å². The molecule has 0 aromatic heterocycles. The van der Waals surface area contributed by atoms with E-state index in [9.17, 15) is 0 Å². The third kappa shape index (κ3) is 3.65. The molecule has 0 aliphatic carbocycles. The summed E-state index contributed by atoms with van der Waals surface area (Å²) in [5.74, 6) is 1.67. The van der Waals surface area contributed by atoms with Crippen LogP contribution in [0.15, 0.2) is 0 Å². The Morgan fingerprint density at radius 2 is 2.31 bits per heavy atom. The summed E-state index contributed by atoms with van der Waals surface area (Å²) < 4.78 is 0. The van der Waals surface area contributed by atoms with Gasteiger partial charge in [-0.2, -0.15) is 0 Å². The van der Waals surface area contributed by atoms with E-state index < -0.39 is 0 Å². The van der Waals surface area contributed by atoms with Gasteiger partial charge >= 0.3 is 0 Å². The number of hydrogen-bond donors (Lipinski definition) is 2. The molecule has 0 radical (unpaired) electrons. The van der Waals surface area contributed by atoms with Gasteiger partial charge in [-0.15, -0.1) is 0 Å². The quantitative estimate of drug-likeness (QED) is 0.678. The van der Waals surface area contributed by atoms with E-state index in [2.05, 4.69) is 31.4 Å². The fourth-order valence-corrected chi connectivity index (χ4v) is 1.80. The Morgan fingerprint density at radius 3 is 2.85 bits per heavy atom. The summed E-state index contributed by atoms with van der Waals surface area (Å²) in [5, 5.41) is 7.08. The molecule has 3 atom stereocenters. The van der Waals surface area contributed by atoms with Crippen molar-refractivity contribution in [3.8, 4) is 0 Å². The third-order valence-electron chi connectivity index (χ3n) is 3.25. The van der Waals surface area contributed by atoms with Crippen molar-refractivity contribution in [2.24, 2.45) is 11.8 Å². The average Bonchev–Trinajstić information content (AvgIpc) is 2.52. The Kier molecular flexibility index (Phi) is 4.74. The second-order valence-corrected chi connectivity index (χ2v) is 4.50. The lowest BCUT2D eigenvalue weighted by Crippen LogP contribution is -2.38. The molecule has 13 heavy (non-hydrogen) atoms. The van der Waals surface area contributed by atoms with Gasteiger partial charge in [-0.05, 0) is 31.3 Å². The fourth-order valence-electron chi connectivity index (χ4n) is 1.80. The molecule has 2 heteroatoms. The molecule has 1 aliphatic heterocycles. The maximum atomic E-state index is 3.55. The molecule has 3 unspecified atom stereocenters. The van der Waals surface area contributed by atoms with Gasteiger partial charge in [0.05, 0.1) is 0 Å². The molecule has 0 aromatic rings. The molecule has 0 saturated carbocycles. The second-order valence-electron chi connectivity index (χ2n) is 4.50. The maximum Gasteiger partial charge on any atom is 0.0218 e. The van der Waals surface area contributed by atoms with Crippen molar-refractivity contribution in [2.75, 3.05) is 19.6 Å². The zero-order valence-corrected chi connectivity index (χ0v) is 9.27. The summed E-state index contributed by atoms with van der Waals surface area (Å²) in [6.07, 6.45) is 2.62. The maximum absolute atomic E-state index is 3.55. The smallest absolute Gasteiger partial charge is 0.0218 e. The number of hydrogen-bond acceptors (Lipinski definition) is 2. The minimum Gasteiger partial charge on any atom is -0.315 e. The lowest BCUT2D eigenvalue weighted by atomic mass is 10.0. The minimum atomic E-state index is 0.712. The van der Waals surface area contributed by atoms with E-state index in [-0.39, 0.29) is 0 Å². The highest BCUT2D eigenvalue weighted by Gasteiger charge is 2.21. The molecule has 2 nitrogen and oxygen atoms in total.